The van der Waals surface area contributed by atoms with Crippen LogP contribution < -0.4 is 11.0 Å². The molecule has 0 aliphatic carbocycles. The number of allylic oxidation sites excluding steroid dienone is 1. The molecular weight excluding hydrogens is 443 g/mol. The predicted octanol–water partition coefficient (Wildman–Crippen LogP) is 1.23. The lowest BCUT2D eigenvalue weighted by atomic mass is 10.2. The minimum absolute atomic E-state index is 0.324. The average Bonchev–Trinajstić information content (AvgIpc) is 2.46. The van der Waals surface area contributed by atoms with Crippen LogP contribution in [0.2, 0.25) is 0 Å². The number of rotatable bonds is 9. The SMILES string of the molecule is CCCC=C(C)CNc1cc[nH]c(=O)n1.O=P(O)(O)OP(=O)(O)OP(=O)(O)O. The Morgan fingerprint density at radius 2 is 1.71 bits per heavy atom. The Labute approximate surface area is 159 Å². The lowest BCUT2D eigenvalue weighted by Gasteiger charge is -2.11. The maximum atomic E-state index is 10.9. The molecule has 0 bridgehead atoms. The van der Waals surface area contributed by atoms with Gasteiger partial charge < -0.3 is 34.8 Å². The van der Waals surface area contributed by atoms with Crippen molar-refractivity contribution in [3.8, 4) is 0 Å². The lowest BCUT2D eigenvalue weighted by molar-refractivity contribution is 0.204. The normalized spacial score (nSPS) is 12.9. The molecule has 28 heavy (non-hydrogen) atoms. The van der Waals surface area contributed by atoms with E-state index in [2.05, 4.69) is 43.8 Å². The number of aromatic nitrogens is 2. The van der Waals surface area contributed by atoms with Crippen molar-refractivity contribution in [3.63, 3.8) is 0 Å². The summed E-state index contributed by atoms with van der Waals surface area (Å²) in [5, 5.41) is 3.09. The van der Waals surface area contributed by atoms with Gasteiger partial charge in [0.1, 0.15) is 5.82 Å². The molecule has 17 heteroatoms. The number of nitrogens with one attached hydrogen (secondary N) is 2. The molecule has 0 saturated heterocycles. The first-order valence-corrected chi connectivity index (χ1v) is 12.0. The van der Waals surface area contributed by atoms with Crippen LogP contribution in [-0.4, -0.2) is 41.0 Å². The summed E-state index contributed by atoms with van der Waals surface area (Å²) in [5.41, 5.74) is 0.939. The topological polar surface area (TPSA) is 229 Å². The van der Waals surface area contributed by atoms with Crippen molar-refractivity contribution in [3.05, 3.63) is 34.4 Å². The minimum Gasteiger partial charge on any atom is -0.366 e. The second-order valence-corrected chi connectivity index (χ2v) is 9.29. The van der Waals surface area contributed by atoms with Gasteiger partial charge in [0.2, 0.25) is 0 Å². The van der Waals surface area contributed by atoms with Gasteiger partial charge in [-0.25, -0.2) is 18.5 Å². The third kappa shape index (κ3) is 15.8. The molecule has 1 aromatic rings. The predicted molar refractivity (Wildman–Crippen MR) is 98.1 cm³/mol. The number of phosphoric acid groups is 3. The molecule has 0 atom stereocenters. The van der Waals surface area contributed by atoms with Crippen LogP contribution in [0.25, 0.3) is 0 Å². The monoisotopic (exact) mass is 465 g/mol. The third-order valence-corrected chi connectivity index (χ3v) is 5.77. The van der Waals surface area contributed by atoms with Gasteiger partial charge in [-0.05, 0) is 19.4 Å². The molecule has 0 saturated carbocycles. The van der Waals surface area contributed by atoms with Gasteiger partial charge in [-0.2, -0.15) is 13.6 Å². The first-order valence-electron chi connectivity index (χ1n) is 7.45. The van der Waals surface area contributed by atoms with E-state index in [4.69, 9.17) is 24.5 Å². The maximum absolute atomic E-state index is 10.9. The molecule has 0 radical (unpaired) electrons. The van der Waals surface area contributed by atoms with E-state index >= 15 is 0 Å². The lowest BCUT2D eigenvalue weighted by Crippen LogP contribution is -2.13. The highest BCUT2D eigenvalue weighted by Gasteiger charge is 2.38. The van der Waals surface area contributed by atoms with Crippen LogP contribution in [0.1, 0.15) is 26.7 Å². The molecular formula is C11H22N3O11P3. The number of anilines is 1. The fourth-order valence-electron chi connectivity index (χ4n) is 1.45. The van der Waals surface area contributed by atoms with E-state index in [0.29, 0.717) is 5.82 Å². The van der Waals surface area contributed by atoms with Crippen molar-refractivity contribution in [2.75, 3.05) is 11.9 Å². The number of H-pyrrole nitrogens is 1. The molecule has 0 spiro atoms. The summed E-state index contributed by atoms with van der Waals surface area (Å²) in [4.78, 5) is 57.3. The van der Waals surface area contributed by atoms with E-state index in [-0.39, 0.29) is 5.69 Å². The van der Waals surface area contributed by atoms with E-state index in [1.807, 2.05) is 0 Å². The fourth-order valence-corrected chi connectivity index (χ4v) is 3.98. The fraction of sp³-hybridized carbons (Fsp3) is 0.455. The van der Waals surface area contributed by atoms with Crippen molar-refractivity contribution in [1.29, 1.82) is 0 Å². The Morgan fingerprint density at radius 3 is 2.14 bits per heavy atom. The second kappa shape index (κ2) is 11.7. The van der Waals surface area contributed by atoms with E-state index in [9.17, 15) is 18.5 Å². The van der Waals surface area contributed by atoms with Crippen molar-refractivity contribution in [1.82, 2.24) is 9.97 Å². The van der Waals surface area contributed by atoms with Gasteiger partial charge in [0, 0.05) is 12.7 Å². The first kappa shape index (κ1) is 26.8. The molecule has 0 amide bonds. The summed E-state index contributed by atoms with van der Waals surface area (Å²) in [7, 11) is -16.2. The third-order valence-electron chi connectivity index (χ3n) is 2.42. The molecule has 0 aliphatic rings. The number of aromatic amines is 1. The summed E-state index contributed by atoms with van der Waals surface area (Å²) in [5.74, 6) is 0.614. The smallest absolute Gasteiger partial charge is 0.366 e. The van der Waals surface area contributed by atoms with Gasteiger partial charge in [-0.1, -0.05) is 25.0 Å². The van der Waals surface area contributed by atoms with Crippen molar-refractivity contribution in [2.24, 2.45) is 0 Å². The standard InChI is InChI=1S/C11H17N3O.H5O10P3/c1-3-4-5-9(2)8-13-10-6-7-12-11(15)14-10;1-11(2,3)9-13(7,8)10-12(4,5)6/h5-7H,3-4,8H2,1-2H3,(H2,12,13,14,15);(H,7,8)(H2,1,2,3)(H2,4,5,6). The van der Waals surface area contributed by atoms with E-state index < -0.39 is 23.5 Å². The van der Waals surface area contributed by atoms with Gasteiger partial charge in [0.15, 0.2) is 0 Å². The average molecular weight is 465 g/mol. The number of nitrogens with zero attached hydrogens (tertiary/aromatic N) is 1. The number of hydrogen-bond acceptors (Lipinski definition) is 8. The van der Waals surface area contributed by atoms with Gasteiger partial charge in [-0.15, -0.1) is 0 Å². The van der Waals surface area contributed by atoms with E-state index in [0.717, 1.165) is 19.4 Å². The Hall–Kier alpha value is -1.17. The summed E-state index contributed by atoms with van der Waals surface area (Å²) < 4.78 is 36.4. The molecule has 1 aromatic heterocycles. The summed E-state index contributed by atoms with van der Waals surface area (Å²) in [6.45, 7) is 4.95. The molecule has 0 aliphatic heterocycles. The number of unbranched alkanes of at least 4 members (excludes halogenated alkanes) is 1. The highest BCUT2D eigenvalue weighted by Crippen LogP contribution is 2.64. The molecule has 0 fully saturated rings. The van der Waals surface area contributed by atoms with E-state index in [1.54, 1.807) is 12.3 Å². The van der Waals surface area contributed by atoms with Crippen LogP contribution in [0, 0.1) is 0 Å². The highest BCUT2D eigenvalue weighted by atomic mass is 31.3. The van der Waals surface area contributed by atoms with Crippen molar-refractivity contribution < 1.29 is 46.8 Å². The zero-order valence-electron chi connectivity index (χ0n) is 14.8. The minimum atomic E-state index is -5.46. The number of hydrogen-bond donors (Lipinski definition) is 7. The maximum Gasteiger partial charge on any atom is 0.490 e. The molecule has 7 N–H and O–H groups in total. The van der Waals surface area contributed by atoms with Crippen LogP contribution in [0.3, 0.4) is 0 Å². The second-order valence-electron chi connectivity index (χ2n) is 5.09. The van der Waals surface area contributed by atoms with Gasteiger partial charge in [0.25, 0.3) is 0 Å². The summed E-state index contributed by atoms with van der Waals surface area (Å²) >= 11 is 0. The molecule has 1 heterocycles. The first-order chi connectivity index (χ1) is 12.6. The summed E-state index contributed by atoms with van der Waals surface area (Å²) in [6, 6.07) is 1.74. The molecule has 1 rings (SSSR count). The van der Waals surface area contributed by atoms with E-state index in [1.165, 1.54) is 5.57 Å². The molecule has 0 unspecified atom stereocenters. The Morgan fingerprint density at radius 1 is 1.18 bits per heavy atom. The Kier molecular flexibility index (Phi) is 11.2. The van der Waals surface area contributed by atoms with Crippen molar-refractivity contribution >= 4 is 29.3 Å². The molecule has 162 valence electrons. The molecule has 0 aromatic carbocycles. The van der Waals surface area contributed by atoms with Gasteiger partial charge in [-0.3, -0.25) is 0 Å². The summed E-state index contributed by atoms with van der Waals surface area (Å²) in [6.07, 6.45) is 6.03. The van der Waals surface area contributed by atoms with Gasteiger partial charge in [0.05, 0.1) is 0 Å². The van der Waals surface area contributed by atoms with Gasteiger partial charge >= 0.3 is 29.2 Å². The van der Waals surface area contributed by atoms with Crippen LogP contribution in [-0.2, 0) is 22.3 Å². The van der Waals surface area contributed by atoms with Crippen LogP contribution >= 0.6 is 23.5 Å². The molecule has 14 nitrogen and oxygen atoms in total. The van der Waals surface area contributed by atoms with Crippen LogP contribution in [0.4, 0.5) is 5.82 Å². The van der Waals surface area contributed by atoms with Crippen LogP contribution in [0.5, 0.6) is 0 Å². The van der Waals surface area contributed by atoms with Crippen LogP contribution in [0.15, 0.2) is 28.7 Å². The zero-order valence-corrected chi connectivity index (χ0v) is 17.5. The highest BCUT2D eigenvalue weighted by molar-refractivity contribution is 7.66. The Balaban J connectivity index is 0.000000528. The Bertz CT molecular complexity index is 815. The van der Waals surface area contributed by atoms with Crippen molar-refractivity contribution in [2.45, 2.75) is 26.7 Å². The zero-order chi connectivity index (χ0) is 22.0. The largest absolute Gasteiger partial charge is 0.490 e. The quantitative estimate of drug-likeness (QED) is 0.201.